The lowest BCUT2D eigenvalue weighted by atomic mass is 10.1. The molecule has 7 nitrogen and oxygen atoms in total. The van der Waals surface area contributed by atoms with E-state index in [1.165, 1.54) is 24.4 Å². The van der Waals surface area contributed by atoms with Gasteiger partial charge < -0.3 is 0 Å². The first-order valence-corrected chi connectivity index (χ1v) is 11.8. The summed E-state index contributed by atoms with van der Waals surface area (Å²) in [6, 6.07) is 17.0. The lowest BCUT2D eigenvalue weighted by Crippen LogP contribution is -2.40. The molecule has 0 aliphatic rings. The van der Waals surface area contributed by atoms with Crippen molar-refractivity contribution in [1.29, 1.82) is 0 Å². The molecule has 0 fully saturated rings. The highest BCUT2D eigenvalue weighted by atomic mass is 35.5. The first-order chi connectivity index (χ1) is 15.4. The Morgan fingerprint density at radius 1 is 1.06 bits per heavy atom. The number of nitrogens with one attached hydrogen (secondary N) is 1. The van der Waals surface area contributed by atoms with Crippen molar-refractivity contribution in [3.8, 4) is 0 Å². The molecule has 3 rings (SSSR count). The van der Waals surface area contributed by atoms with Crippen LogP contribution in [-0.2, 0) is 21.2 Å². The molecule has 0 aliphatic heterocycles. The first kappa shape index (κ1) is 23.9. The molecule has 0 radical (unpaired) electrons. The predicted octanol–water partition coefficient (Wildman–Crippen LogP) is 3.77. The SMILES string of the molecule is O=C(CN(CCc1ccccc1)S(=O)(=O)c1cc(Cl)ccc1Cl)N/N=C\c1ccncc1. The van der Waals surface area contributed by atoms with E-state index < -0.39 is 22.5 Å². The molecule has 0 spiro atoms. The number of rotatable bonds is 9. The average Bonchev–Trinajstić information content (AvgIpc) is 2.79. The van der Waals surface area contributed by atoms with Crippen LogP contribution in [0.4, 0.5) is 0 Å². The minimum atomic E-state index is -4.10. The molecule has 1 N–H and O–H groups in total. The smallest absolute Gasteiger partial charge is 0.255 e. The Kier molecular flexibility index (Phi) is 8.35. The van der Waals surface area contributed by atoms with E-state index in [-0.39, 0.29) is 21.5 Å². The first-order valence-electron chi connectivity index (χ1n) is 9.57. The van der Waals surface area contributed by atoms with Crippen LogP contribution in [-0.4, -0.2) is 42.9 Å². The largest absolute Gasteiger partial charge is 0.272 e. The monoisotopic (exact) mass is 490 g/mol. The lowest BCUT2D eigenvalue weighted by Gasteiger charge is -2.22. The number of carbonyl (C=O) groups excluding carboxylic acids is 1. The number of aromatic nitrogens is 1. The maximum atomic E-state index is 13.3. The molecular formula is C22H20Cl2N4O3S. The van der Waals surface area contributed by atoms with E-state index in [1.807, 2.05) is 30.3 Å². The normalized spacial score (nSPS) is 11.7. The van der Waals surface area contributed by atoms with E-state index in [0.717, 1.165) is 15.4 Å². The maximum absolute atomic E-state index is 13.3. The van der Waals surface area contributed by atoms with Crippen LogP contribution in [0.2, 0.25) is 10.0 Å². The van der Waals surface area contributed by atoms with Crippen LogP contribution in [0.1, 0.15) is 11.1 Å². The summed E-state index contributed by atoms with van der Waals surface area (Å²) in [4.78, 5) is 16.2. The highest BCUT2D eigenvalue weighted by Crippen LogP contribution is 2.27. The number of carbonyl (C=O) groups is 1. The van der Waals surface area contributed by atoms with Crippen LogP contribution in [0, 0.1) is 0 Å². The lowest BCUT2D eigenvalue weighted by molar-refractivity contribution is -0.121. The van der Waals surface area contributed by atoms with E-state index >= 15 is 0 Å². The Labute approximate surface area is 196 Å². The minimum Gasteiger partial charge on any atom is -0.272 e. The zero-order chi connectivity index (χ0) is 23.0. The Morgan fingerprint density at radius 3 is 2.50 bits per heavy atom. The van der Waals surface area contributed by atoms with Gasteiger partial charge in [0.1, 0.15) is 4.90 Å². The fourth-order valence-corrected chi connectivity index (χ4v) is 4.95. The van der Waals surface area contributed by atoms with E-state index in [9.17, 15) is 13.2 Å². The van der Waals surface area contributed by atoms with Gasteiger partial charge in [0.15, 0.2) is 0 Å². The molecule has 166 valence electrons. The molecule has 0 atom stereocenters. The van der Waals surface area contributed by atoms with Gasteiger partial charge >= 0.3 is 0 Å². The van der Waals surface area contributed by atoms with Crippen LogP contribution in [0.25, 0.3) is 0 Å². The van der Waals surface area contributed by atoms with Crippen molar-refractivity contribution in [3.05, 3.63) is 94.2 Å². The van der Waals surface area contributed by atoms with Crippen LogP contribution in [0.3, 0.4) is 0 Å². The molecule has 1 aromatic heterocycles. The molecule has 0 saturated heterocycles. The zero-order valence-corrected chi connectivity index (χ0v) is 19.2. The third kappa shape index (κ3) is 6.61. The van der Waals surface area contributed by atoms with Gasteiger partial charge in [-0.05, 0) is 47.9 Å². The number of pyridine rings is 1. The van der Waals surface area contributed by atoms with E-state index in [1.54, 1.807) is 24.5 Å². The topological polar surface area (TPSA) is 91.7 Å². The van der Waals surface area contributed by atoms with Crippen LogP contribution in [0.15, 0.2) is 83.1 Å². The number of hydrogen-bond acceptors (Lipinski definition) is 5. The molecule has 0 bridgehead atoms. The third-order valence-electron chi connectivity index (χ3n) is 4.43. The second-order valence-electron chi connectivity index (χ2n) is 6.72. The molecule has 10 heteroatoms. The molecule has 1 heterocycles. The number of sulfonamides is 1. The molecule has 32 heavy (non-hydrogen) atoms. The maximum Gasteiger partial charge on any atom is 0.255 e. The molecule has 0 aliphatic carbocycles. The highest BCUT2D eigenvalue weighted by Gasteiger charge is 2.28. The Bertz CT molecular complexity index is 1190. The molecular weight excluding hydrogens is 471 g/mol. The van der Waals surface area contributed by atoms with Crippen LogP contribution >= 0.6 is 23.2 Å². The third-order valence-corrected chi connectivity index (χ3v) is 6.99. The van der Waals surface area contributed by atoms with Crippen molar-refractivity contribution in [2.24, 2.45) is 5.10 Å². The van der Waals surface area contributed by atoms with Gasteiger partial charge in [0.25, 0.3) is 5.91 Å². The number of halogens is 2. The average molecular weight is 491 g/mol. The molecule has 0 saturated carbocycles. The number of amides is 1. The summed E-state index contributed by atoms with van der Waals surface area (Å²) in [5.41, 5.74) is 4.02. The summed E-state index contributed by atoms with van der Waals surface area (Å²) in [5.74, 6) is -0.593. The van der Waals surface area contributed by atoms with Gasteiger partial charge in [-0.15, -0.1) is 0 Å². The van der Waals surface area contributed by atoms with E-state index in [0.29, 0.717) is 6.42 Å². The van der Waals surface area contributed by atoms with Crippen molar-refractivity contribution in [2.45, 2.75) is 11.3 Å². The second kappa shape index (κ2) is 11.2. The number of hydrogen-bond donors (Lipinski definition) is 1. The number of benzene rings is 2. The molecule has 3 aromatic rings. The van der Waals surface area contributed by atoms with Gasteiger partial charge in [0.05, 0.1) is 17.8 Å². The Balaban J connectivity index is 1.79. The summed E-state index contributed by atoms with van der Waals surface area (Å²) in [5, 5.41) is 4.13. The summed E-state index contributed by atoms with van der Waals surface area (Å²) in [6.45, 7) is -0.373. The molecule has 1 amide bonds. The van der Waals surface area contributed by atoms with Gasteiger partial charge in [-0.25, -0.2) is 13.8 Å². The zero-order valence-electron chi connectivity index (χ0n) is 16.9. The number of nitrogens with zero attached hydrogens (tertiary/aromatic N) is 3. The van der Waals surface area contributed by atoms with E-state index in [2.05, 4.69) is 15.5 Å². The number of hydrazone groups is 1. The Hall–Kier alpha value is -2.78. The minimum absolute atomic E-state index is 0.0234. The van der Waals surface area contributed by atoms with Crippen molar-refractivity contribution in [3.63, 3.8) is 0 Å². The van der Waals surface area contributed by atoms with Crippen molar-refractivity contribution in [1.82, 2.24) is 14.7 Å². The van der Waals surface area contributed by atoms with Gasteiger partial charge in [0.2, 0.25) is 10.0 Å². The Morgan fingerprint density at radius 2 is 1.78 bits per heavy atom. The van der Waals surface area contributed by atoms with Crippen molar-refractivity contribution in [2.75, 3.05) is 13.1 Å². The molecule has 2 aromatic carbocycles. The van der Waals surface area contributed by atoms with Crippen molar-refractivity contribution < 1.29 is 13.2 Å². The summed E-state index contributed by atoms with van der Waals surface area (Å²) in [6.07, 6.45) is 5.04. The summed E-state index contributed by atoms with van der Waals surface area (Å²) >= 11 is 12.1. The van der Waals surface area contributed by atoms with Gasteiger partial charge in [0, 0.05) is 24.0 Å². The van der Waals surface area contributed by atoms with Gasteiger partial charge in [-0.2, -0.15) is 9.41 Å². The van der Waals surface area contributed by atoms with Crippen LogP contribution in [0.5, 0.6) is 0 Å². The van der Waals surface area contributed by atoms with Crippen LogP contribution < -0.4 is 5.43 Å². The quantitative estimate of drug-likeness (QED) is 0.365. The van der Waals surface area contributed by atoms with Crippen molar-refractivity contribution >= 4 is 45.3 Å². The predicted molar refractivity (Wildman–Crippen MR) is 125 cm³/mol. The fraction of sp³-hybridized carbons (Fsp3) is 0.136. The standard InChI is InChI=1S/C22H20Cl2N4O3S/c23-19-6-7-20(24)21(14-19)32(30,31)28(13-10-17-4-2-1-3-5-17)16-22(29)27-26-15-18-8-11-25-12-9-18/h1-9,11-12,14-15H,10,13,16H2,(H,27,29)/b26-15-. The summed E-state index contributed by atoms with van der Waals surface area (Å²) in [7, 11) is -4.10. The highest BCUT2D eigenvalue weighted by molar-refractivity contribution is 7.89. The van der Waals surface area contributed by atoms with E-state index in [4.69, 9.17) is 23.2 Å². The fourth-order valence-electron chi connectivity index (χ4n) is 2.82. The second-order valence-corrected chi connectivity index (χ2v) is 9.47. The molecule has 0 unspecified atom stereocenters. The summed E-state index contributed by atoms with van der Waals surface area (Å²) < 4.78 is 27.7. The van der Waals surface area contributed by atoms with Gasteiger partial charge in [-0.3, -0.25) is 9.78 Å². The van der Waals surface area contributed by atoms with Gasteiger partial charge in [-0.1, -0.05) is 53.5 Å².